The van der Waals surface area contributed by atoms with Crippen LogP contribution in [0.1, 0.15) is 0 Å². The van der Waals surface area contributed by atoms with Crippen molar-refractivity contribution in [3.05, 3.63) is 88.4 Å². The summed E-state index contributed by atoms with van der Waals surface area (Å²) in [4.78, 5) is 31.6. The van der Waals surface area contributed by atoms with Crippen LogP contribution >= 0.6 is 23.1 Å². The summed E-state index contributed by atoms with van der Waals surface area (Å²) in [6.45, 7) is 0.0820. The van der Waals surface area contributed by atoms with Gasteiger partial charge in [-0.25, -0.2) is 4.98 Å². The van der Waals surface area contributed by atoms with Gasteiger partial charge in [-0.1, -0.05) is 36.4 Å². The number of pyridine rings is 1. The number of nitrogens with one attached hydrogen (secondary N) is 1. The zero-order chi connectivity index (χ0) is 22.1. The third-order valence-corrected chi connectivity index (χ3v) is 6.82. The zero-order valence-corrected chi connectivity index (χ0v) is 18.9. The van der Waals surface area contributed by atoms with Crippen molar-refractivity contribution >= 4 is 55.9 Å². The highest BCUT2D eigenvalue weighted by molar-refractivity contribution is 7.98. The van der Waals surface area contributed by atoms with E-state index in [2.05, 4.69) is 22.4 Å². The van der Waals surface area contributed by atoms with E-state index in [4.69, 9.17) is 0 Å². The zero-order valence-electron chi connectivity index (χ0n) is 17.2. The summed E-state index contributed by atoms with van der Waals surface area (Å²) in [6, 6.07) is 23.0. The molecule has 5 aromatic rings. The van der Waals surface area contributed by atoms with Gasteiger partial charge in [-0.15, -0.1) is 23.1 Å². The molecule has 0 bridgehead atoms. The van der Waals surface area contributed by atoms with Crippen LogP contribution in [0.5, 0.6) is 0 Å². The van der Waals surface area contributed by atoms with Crippen molar-refractivity contribution in [3.8, 4) is 11.3 Å². The van der Waals surface area contributed by atoms with Crippen LogP contribution in [0.3, 0.4) is 0 Å². The fourth-order valence-corrected chi connectivity index (χ4v) is 4.92. The van der Waals surface area contributed by atoms with Gasteiger partial charge in [0, 0.05) is 26.6 Å². The first kappa shape index (κ1) is 20.5. The van der Waals surface area contributed by atoms with E-state index in [1.54, 1.807) is 23.9 Å². The second kappa shape index (κ2) is 8.61. The van der Waals surface area contributed by atoms with E-state index in [0.717, 1.165) is 22.3 Å². The van der Waals surface area contributed by atoms with Crippen molar-refractivity contribution in [1.29, 1.82) is 0 Å². The summed E-state index contributed by atoms with van der Waals surface area (Å²) in [7, 11) is 0. The molecule has 1 amide bonds. The maximum absolute atomic E-state index is 12.9. The number of benzene rings is 3. The molecule has 158 valence electrons. The summed E-state index contributed by atoms with van der Waals surface area (Å²) in [6.07, 6.45) is 2.04. The van der Waals surface area contributed by atoms with Gasteiger partial charge in [0.15, 0.2) is 10.6 Å². The molecule has 0 fully saturated rings. The first-order valence-electron chi connectivity index (χ1n) is 10.0. The molecule has 0 spiro atoms. The molecule has 0 radical (unpaired) electrons. The van der Waals surface area contributed by atoms with Crippen molar-refractivity contribution in [3.63, 3.8) is 0 Å². The number of thioether (sulfide) groups is 1. The predicted molar refractivity (Wildman–Crippen MR) is 134 cm³/mol. The summed E-state index contributed by atoms with van der Waals surface area (Å²) < 4.78 is 1.89. The SMILES string of the molecule is CSc1ccc(-c2csc(NC(=O)Cn3c4ccccc4c(=O)c4ccccc43)n2)cc1. The first-order valence-corrected chi connectivity index (χ1v) is 12.1. The smallest absolute Gasteiger partial charge is 0.246 e. The van der Waals surface area contributed by atoms with Crippen LogP contribution < -0.4 is 10.7 Å². The van der Waals surface area contributed by atoms with Gasteiger partial charge in [0.2, 0.25) is 5.91 Å². The number of hydrogen-bond donors (Lipinski definition) is 1. The molecule has 5 rings (SSSR count). The van der Waals surface area contributed by atoms with E-state index in [9.17, 15) is 9.59 Å². The molecule has 32 heavy (non-hydrogen) atoms. The summed E-state index contributed by atoms with van der Waals surface area (Å²) >= 11 is 3.09. The third kappa shape index (κ3) is 3.81. The van der Waals surface area contributed by atoms with E-state index in [1.807, 2.05) is 64.7 Å². The number of anilines is 1. The highest BCUT2D eigenvalue weighted by Crippen LogP contribution is 2.27. The monoisotopic (exact) mass is 457 g/mol. The molecule has 0 saturated heterocycles. The van der Waals surface area contributed by atoms with Gasteiger partial charge in [0.25, 0.3) is 0 Å². The predicted octanol–water partition coefficient (Wildman–Crippen LogP) is 5.64. The van der Waals surface area contributed by atoms with Crippen LogP contribution in [0, 0.1) is 0 Å². The van der Waals surface area contributed by atoms with Gasteiger partial charge in [-0.2, -0.15) is 0 Å². The Labute approximate surface area is 192 Å². The molecule has 0 atom stereocenters. The maximum Gasteiger partial charge on any atom is 0.246 e. The molecule has 0 aliphatic carbocycles. The van der Waals surface area contributed by atoms with Gasteiger partial charge in [0.1, 0.15) is 6.54 Å². The normalized spacial score (nSPS) is 11.2. The lowest BCUT2D eigenvalue weighted by atomic mass is 10.1. The molecule has 2 heterocycles. The highest BCUT2D eigenvalue weighted by Gasteiger charge is 2.14. The van der Waals surface area contributed by atoms with E-state index >= 15 is 0 Å². The number of fused-ring (bicyclic) bond motifs is 2. The van der Waals surface area contributed by atoms with Crippen molar-refractivity contribution in [2.75, 3.05) is 11.6 Å². The topological polar surface area (TPSA) is 64.0 Å². The van der Waals surface area contributed by atoms with Crippen LogP contribution in [-0.2, 0) is 11.3 Å². The van der Waals surface area contributed by atoms with Gasteiger partial charge in [0.05, 0.1) is 16.7 Å². The summed E-state index contributed by atoms with van der Waals surface area (Å²) in [5.41, 5.74) is 3.29. The molecule has 2 aromatic heterocycles. The molecule has 0 saturated carbocycles. The number of thiazole rings is 1. The Balaban J connectivity index is 1.44. The number of rotatable bonds is 5. The van der Waals surface area contributed by atoms with Crippen LogP contribution in [0.4, 0.5) is 5.13 Å². The Morgan fingerprint density at radius 2 is 1.59 bits per heavy atom. The Bertz CT molecular complexity index is 1440. The summed E-state index contributed by atoms with van der Waals surface area (Å²) in [5, 5.41) is 6.60. The molecular weight excluding hydrogens is 438 g/mol. The number of carbonyl (C=O) groups excluding carboxylic acids is 1. The minimum atomic E-state index is -0.192. The number of aromatic nitrogens is 2. The van der Waals surface area contributed by atoms with Crippen molar-refractivity contribution in [2.45, 2.75) is 11.4 Å². The lowest BCUT2D eigenvalue weighted by Crippen LogP contribution is -2.21. The number of carbonyl (C=O) groups is 1. The van der Waals surface area contributed by atoms with Crippen LogP contribution in [0.15, 0.2) is 87.9 Å². The lowest BCUT2D eigenvalue weighted by Gasteiger charge is -2.14. The average Bonchev–Trinajstić information content (AvgIpc) is 3.30. The second-order valence-corrected chi connectivity index (χ2v) is 9.00. The van der Waals surface area contributed by atoms with E-state index in [0.29, 0.717) is 15.9 Å². The van der Waals surface area contributed by atoms with E-state index < -0.39 is 0 Å². The van der Waals surface area contributed by atoms with Crippen molar-refractivity contribution < 1.29 is 4.79 Å². The molecule has 0 aliphatic rings. The minimum absolute atomic E-state index is 0.0232. The average molecular weight is 458 g/mol. The number of amides is 1. The summed E-state index contributed by atoms with van der Waals surface area (Å²) in [5.74, 6) is -0.192. The second-order valence-electron chi connectivity index (χ2n) is 7.26. The van der Waals surface area contributed by atoms with E-state index in [-0.39, 0.29) is 17.9 Å². The minimum Gasteiger partial charge on any atom is -0.331 e. The third-order valence-electron chi connectivity index (χ3n) is 5.32. The van der Waals surface area contributed by atoms with Crippen LogP contribution in [0.2, 0.25) is 0 Å². The largest absolute Gasteiger partial charge is 0.331 e. The fourth-order valence-electron chi connectivity index (χ4n) is 3.78. The Morgan fingerprint density at radius 1 is 0.969 bits per heavy atom. The molecule has 5 nitrogen and oxygen atoms in total. The fraction of sp³-hybridized carbons (Fsp3) is 0.0800. The highest BCUT2D eigenvalue weighted by atomic mass is 32.2. The lowest BCUT2D eigenvalue weighted by molar-refractivity contribution is -0.116. The Morgan fingerprint density at radius 3 is 2.22 bits per heavy atom. The van der Waals surface area contributed by atoms with Crippen molar-refractivity contribution in [2.24, 2.45) is 0 Å². The molecule has 3 aromatic carbocycles. The standard InChI is InChI=1S/C25H19N3O2S2/c1-31-17-12-10-16(11-13-17)20-15-32-25(26-20)27-23(29)14-28-21-8-4-2-6-18(21)24(30)19-7-3-5-9-22(19)28/h2-13,15H,14H2,1H3,(H,26,27,29). The molecule has 0 unspecified atom stereocenters. The number of hydrogen-bond acceptors (Lipinski definition) is 5. The molecular formula is C25H19N3O2S2. The first-order chi connectivity index (χ1) is 15.6. The van der Waals surface area contributed by atoms with Crippen LogP contribution in [-0.4, -0.2) is 21.7 Å². The number of para-hydroxylation sites is 2. The Kier molecular flexibility index (Phi) is 5.51. The van der Waals surface area contributed by atoms with Crippen molar-refractivity contribution in [1.82, 2.24) is 9.55 Å². The van der Waals surface area contributed by atoms with Crippen LogP contribution in [0.25, 0.3) is 33.1 Å². The van der Waals surface area contributed by atoms with Gasteiger partial charge >= 0.3 is 0 Å². The van der Waals surface area contributed by atoms with Gasteiger partial charge in [-0.05, 0) is 42.7 Å². The quantitative estimate of drug-likeness (QED) is 0.274. The maximum atomic E-state index is 12.9. The van der Waals surface area contributed by atoms with Gasteiger partial charge < -0.3 is 9.88 Å². The molecule has 7 heteroatoms. The Hall–Kier alpha value is -3.42. The molecule has 1 N–H and O–H groups in total. The number of nitrogens with zero attached hydrogens (tertiary/aromatic N) is 2. The molecule has 0 aliphatic heterocycles. The van der Waals surface area contributed by atoms with E-state index in [1.165, 1.54) is 16.2 Å². The van der Waals surface area contributed by atoms with Gasteiger partial charge in [-0.3, -0.25) is 9.59 Å².